The fraction of sp³-hybridized carbons (Fsp3) is 0.500. The van der Waals surface area contributed by atoms with Crippen LogP contribution in [0.3, 0.4) is 0 Å². The number of para-hydroxylation sites is 1. The van der Waals surface area contributed by atoms with Crippen LogP contribution in [0.2, 0.25) is 0 Å². The summed E-state index contributed by atoms with van der Waals surface area (Å²) in [5, 5.41) is 11.9. The highest BCUT2D eigenvalue weighted by molar-refractivity contribution is 8.00. The van der Waals surface area contributed by atoms with Crippen molar-refractivity contribution in [3.8, 4) is 0 Å². The van der Waals surface area contributed by atoms with Crippen molar-refractivity contribution in [3.63, 3.8) is 0 Å². The number of nitrogens with one attached hydrogen (secondary N) is 1. The first-order chi connectivity index (χ1) is 10.1. The second-order valence-electron chi connectivity index (χ2n) is 5.07. The molecule has 124 valence electrons. The molecule has 2 amide bonds. The Morgan fingerprint density at radius 3 is 2.41 bits per heavy atom. The quantitative estimate of drug-likeness (QED) is 0.801. The third-order valence-electron chi connectivity index (χ3n) is 2.70. The third-order valence-corrected chi connectivity index (χ3v) is 3.51. The van der Waals surface area contributed by atoms with Crippen LogP contribution in [-0.2, 0) is 0 Å². The zero-order chi connectivity index (χ0) is 16.9. The van der Waals surface area contributed by atoms with E-state index in [1.54, 1.807) is 19.9 Å². The van der Waals surface area contributed by atoms with Crippen molar-refractivity contribution in [2.24, 2.45) is 0 Å². The summed E-state index contributed by atoms with van der Waals surface area (Å²) in [6, 6.07) is 4.97. The number of alkyl halides is 3. The summed E-state index contributed by atoms with van der Waals surface area (Å²) in [6.45, 7) is 5.16. The summed E-state index contributed by atoms with van der Waals surface area (Å²) in [5.74, 6) is 0. The largest absolute Gasteiger partial charge is 0.446 e. The lowest BCUT2D eigenvalue weighted by Crippen LogP contribution is -2.43. The van der Waals surface area contributed by atoms with E-state index in [0.717, 1.165) is 0 Å². The van der Waals surface area contributed by atoms with E-state index in [4.69, 9.17) is 0 Å². The van der Waals surface area contributed by atoms with E-state index in [9.17, 15) is 23.1 Å². The number of benzene rings is 1. The van der Waals surface area contributed by atoms with Crippen LogP contribution in [0.15, 0.2) is 29.2 Å². The number of halogens is 3. The molecule has 2 N–H and O–H groups in total. The van der Waals surface area contributed by atoms with Crippen molar-refractivity contribution in [1.82, 2.24) is 4.90 Å². The molecule has 0 aliphatic heterocycles. The molecular weight excluding hydrogens is 317 g/mol. The molecule has 1 rings (SSSR count). The van der Waals surface area contributed by atoms with E-state index < -0.39 is 17.6 Å². The molecule has 1 atom stereocenters. The van der Waals surface area contributed by atoms with Gasteiger partial charge in [0, 0.05) is 17.5 Å². The molecule has 22 heavy (non-hydrogen) atoms. The van der Waals surface area contributed by atoms with Crippen LogP contribution in [0.1, 0.15) is 20.8 Å². The molecule has 0 aliphatic carbocycles. The van der Waals surface area contributed by atoms with Gasteiger partial charge in [-0.05, 0) is 44.7 Å². The minimum atomic E-state index is -4.43. The van der Waals surface area contributed by atoms with Gasteiger partial charge in [0.1, 0.15) is 0 Å². The van der Waals surface area contributed by atoms with Crippen LogP contribution in [0.5, 0.6) is 0 Å². The number of thioether (sulfide) groups is 1. The van der Waals surface area contributed by atoms with Crippen LogP contribution < -0.4 is 5.32 Å². The Morgan fingerprint density at radius 2 is 1.91 bits per heavy atom. The summed E-state index contributed by atoms with van der Waals surface area (Å²) in [7, 11) is 0. The Kier molecular flexibility index (Phi) is 6.55. The molecule has 1 aromatic rings. The molecule has 0 spiro atoms. The van der Waals surface area contributed by atoms with Gasteiger partial charge < -0.3 is 15.3 Å². The minimum absolute atomic E-state index is 0.0795. The maximum absolute atomic E-state index is 12.5. The van der Waals surface area contributed by atoms with Crippen molar-refractivity contribution in [2.75, 3.05) is 11.9 Å². The number of anilines is 1. The Bertz CT molecular complexity index is 507. The Morgan fingerprint density at radius 1 is 1.32 bits per heavy atom. The number of carbonyl (C=O) groups excluding carboxylic acids is 1. The van der Waals surface area contributed by atoms with Gasteiger partial charge in [-0.2, -0.15) is 13.2 Å². The first-order valence-corrected chi connectivity index (χ1v) is 7.52. The standard InChI is InChI=1S/C14H19F3N2O2S/c1-9(2)19(8-10(3)20)13(21)18-11-6-4-5-7-12(11)22-14(15,16)17/h4-7,9-10,20H,8H2,1-3H3,(H,18,21). The van der Waals surface area contributed by atoms with Gasteiger partial charge in [-0.3, -0.25) is 0 Å². The molecule has 0 fully saturated rings. The highest BCUT2D eigenvalue weighted by Gasteiger charge is 2.31. The molecule has 4 nitrogen and oxygen atoms in total. The normalized spacial score (nSPS) is 13.1. The van der Waals surface area contributed by atoms with E-state index in [0.29, 0.717) is 0 Å². The van der Waals surface area contributed by atoms with Crippen LogP contribution in [0.4, 0.5) is 23.7 Å². The molecule has 0 saturated carbocycles. The van der Waals surface area contributed by atoms with Gasteiger partial charge in [0.15, 0.2) is 0 Å². The van der Waals surface area contributed by atoms with E-state index in [2.05, 4.69) is 5.32 Å². The van der Waals surface area contributed by atoms with Crippen LogP contribution in [0.25, 0.3) is 0 Å². The number of aliphatic hydroxyl groups is 1. The number of rotatable bonds is 5. The van der Waals surface area contributed by atoms with Crippen LogP contribution in [0, 0.1) is 0 Å². The lowest BCUT2D eigenvalue weighted by atomic mass is 10.3. The molecule has 0 saturated heterocycles. The van der Waals surface area contributed by atoms with E-state index in [1.807, 2.05) is 0 Å². The number of carbonyl (C=O) groups is 1. The maximum Gasteiger partial charge on any atom is 0.446 e. The molecular formula is C14H19F3N2O2S. The molecule has 1 unspecified atom stereocenters. The van der Waals surface area contributed by atoms with Gasteiger partial charge in [-0.15, -0.1) is 0 Å². The molecule has 0 bridgehead atoms. The highest BCUT2D eigenvalue weighted by Crippen LogP contribution is 2.40. The fourth-order valence-corrected chi connectivity index (χ4v) is 2.41. The second kappa shape index (κ2) is 7.73. The van der Waals surface area contributed by atoms with Gasteiger partial charge in [0.2, 0.25) is 0 Å². The average Bonchev–Trinajstić information content (AvgIpc) is 2.36. The topological polar surface area (TPSA) is 52.6 Å². The summed E-state index contributed by atoms with van der Waals surface area (Å²) in [4.78, 5) is 13.5. The maximum atomic E-state index is 12.5. The first-order valence-electron chi connectivity index (χ1n) is 6.70. The Balaban J connectivity index is 2.91. The summed E-state index contributed by atoms with van der Waals surface area (Å²) < 4.78 is 37.6. The van der Waals surface area contributed by atoms with Gasteiger partial charge >= 0.3 is 11.5 Å². The second-order valence-corrected chi connectivity index (χ2v) is 6.18. The predicted molar refractivity (Wildman–Crippen MR) is 80.9 cm³/mol. The Labute approximate surface area is 131 Å². The van der Waals surface area contributed by atoms with Crippen molar-refractivity contribution in [2.45, 2.75) is 43.3 Å². The molecule has 0 heterocycles. The molecule has 0 aromatic heterocycles. The monoisotopic (exact) mass is 336 g/mol. The SMILES string of the molecule is CC(O)CN(C(=O)Nc1ccccc1SC(F)(F)F)C(C)C. The molecule has 0 radical (unpaired) electrons. The zero-order valence-electron chi connectivity index (χ0n) is 12.5. The first kappa shape index (κ1) is 18.6. The van der Waals surface area contributed by atoms with Crippen molar-refractivity contribution in [1.29, 1.82) is 0 Å². The van der Waals surface area contributed by atoms with E-state index in [-0.39, 0.29) is 34.9 Å². The molecule has 0 aliphatic rings. The zero-order valence-corrected chi connectivity index (χ0v) is 13.3. The van der Waals surface area contributed by atoms with Crippen molar-refractivity contribution >= 4 is 23.5 Å². The molecule has 8 heteroatoms. The summed E-state index contributed by atoms with van der Waals surface area (Å²) in [6.07, 6.45) is -0.729. The summed E-state index contributed by atoms with van der Waals surface area (Å²) in [5.41, 5.74) is -4.34. The predicted octanol–water partition coefficient (Wildman–Crippen LogP) is 3.92. The molecule has 1 aromatic carbocycles. The van der Waals surface area contributed by atoms with E-state index in [1.165, 1.54) is 30.0 Å². The average molecular weight is 336 g/mol. The lowest BCUT2D eigenvalue weighted by Gasteiger charge is -2.28. The number of nitrogens with zero attached hydrogens (tertiary/aromatic N) is 1. The number of hydrogen-bond donors (Lipinski definition) is 2. The summed E-state index contributed by atoms with van der Waals surface area (Å²) >= 11 is -0.279. The number of amides is 2. The van der Waals surface area contributed by atoms with Gasteiger partial charge in [-0.1, -0.05) is 12.1 Å². The minimum Gasteiger partial charge on any atom is -0.392 e. The number of aliphatic hydroxyl groups excluding tert-OH is 1. The smallest absolute Gasteiger partial charge is 0.392 e. The van der Waals surface area contributed by atoms with Crippen LogP contribution in [-0.4, -0.2) is 40.2 Å². The Hall–Kier alpha value is -1.41. The fourth-order valence-electron chi connectivity index (χ4n) is 1.78. The van der Waals surface area contributed by atoms with Gasteiger partial charge in [0.05, 0.1) is 11.8 Å². The van der Waals surface area contributed by atoms with Gasteiger partial charge in [-0.25, -0.2) is 4.79 Å². The third kappa shape index (κ3) is 6.15. The van der Waals surface area contributed by atoms with Crippen molar-refractivity contribution < 1.29 is 23.1 Å². The van der Waals surface area contributed by atoms with E-state index >= 15 is 0 Å². The number of hydrogen-bond acceptors (Lipinski definition) is 3. The highest BCUT2D eigenvalue weighted by atomic mass is 32.2. The van der Waals surface area contributed by atoms with Crippen molar-refractivity contribution in [3.05, 3.63) is 24.3 Å². The van der Waals surface area contributed by atoms with Gasteiger partial charge in [0.25, 0.3) is 0 Å². The number of urea groups is 1. The van der Waals surface area contributed by atoms with Crippen LogP contribution >= 0.6 is 11.8 Å². The lowest BCUT2D eigenvalue weighted by molar-refractivity contribution is -0.0328.